The fraction of sp³-hybridized carbons (Fsp3) is 0.500. The Bertz CT molecular complexity index is 138. The number of aliphatic hydroxyl groups excluding tert-OH is 1. The van der Waals surface area contributed by atoms with Gasteiger partial charge in [0.1, 0.15) is 6.07 Å². The molecule has 0 bridgehead atoms. The van der Waals surface area contributed by atoms with Gasteiger partial charge in [-0.1, -0.05) is 0 Å². The monoisotopic (exact) mass is 131 g/mol. The highest BCUT2D eigenvalue weighted by molar-refractivity contribution is 5.57. The molecule has 1 atom stereocenters. The number of carbonyl (C=O) groups is 1. The molecule has 2 N–H and O–H groups in total. The molecule has 0 heterocycles. The van der Waals surface area contributed by atoms with E-state index in [1.54, 1.807) is 0 Å². The van der Waals surface area contributed by atoms with Crippen LogP contribution in [0.25, 0.3) is 0 Å². The first-order chi connectivity index (χ1) is 4.20. The highest BCUT2D eigenvalue weighted by Gasteiger charge is 2.09. The van der Waals surface area contributed by atoms with Gasteiger partial charge in [0.25, 0.3) is 0 Å². The van der Waals surface area contributed by atoms with Gasteiger partial charge in [-0.3, -0.25) is 0 Å². The highest BCUT2D eigenvalue weighted by atomic mass is 16.7. The zero-order valence-corrected chi connectivity index (χ0v) is 4.44. The van der Waals surface area contributed by atoms with Gasteiger partial charge in [-0.15, -0.1) is 0 Å². The van der Waals surface area contributed by atoms with Gasteiger partial charge in [0.15, 0.2) is 0 Å². The van der Waals surface area contributed by atoms with Crippen molar-refractivity contribution in [1.82, 2.24) is 0 Å². The van der Waals surface area contributed by atoms with Crippen LogP contribution in [0.5, 0.6) is 0 Å². The molecule has 0 aromatic carbocycles. The third-order valence-electron chi connectivity index (χ3n) is 0.553. The van der Waals surface area contributed by atoms with Crippen LogP contribution < -0.4 is 0 Å². The summed E-state index contributed by atoms with van der Waals surface area (Å²) in [5.74, 6) is 0. The zero-order chi connectivity index (χ0) is 7.28. The summed E-state index contributed by atoms with van der Waals surface area (Å²) in [6.07, 6.45) is -2.82. The molecule has 5 nitrogen and oxygen atoms in total. The maximum Gasteiger partial charge on any atom is 0.507 e. The summed E-state index contributed by atoms with van der Waals surface area (Å²) >= 11 is 0. The van der Waals surface area contributed by atoms with Crippen molar-refractivity contribution in [1.29, 1.82) is 5.26 Å². The van der Waals surface area contributed by atoms with E-state index in [1.165, 1.54) is 6.07 Å². The number of nitrogens with zero attached hydrogens (tertiary/aromatic N) is 1. The van der Waals surface area contributed by atoms with E-state index in [0.717, 1.165) is 0 Å². The fourth-order valence-corrected chi connectivity index (χ4v) is 0.226. The Kier molecular flexibility index (Phi) is 3.16. The van der Waals surface area contributed by atoms with Gasteiger partial charge in [-0.2, -0.15) is 5.26 Å². The molecular formula is C4H5NO4. The Hall–Kier alpha value is -1.28. The minimum atomic E-state index is -1.56. The number of aliphatic hydroxyl groups is 1. The van der Waals surface area contributed by atoms with Crippen LogP contribution in [0.2, 0.25) is 0 Å². The lowest BCUT2D eigenvalue weighted by Crippen LogP contribution is -2.18. The van der Waals surface area contributed by atoms with Crippen molar-refractivity contribution < 1.29 is 19.7 Å². The smallest absolute Gasteiger partial charge is 0.450 e. The van der Waals surface area contributed by atoms with Crippen LogP contribution in [-0.4, -0.2) is 29.1 Å². The van der Waals surface area contributed by atoms with Crippen molar-refractivity contribution >= 4 is 6.16 Å². The van der Waals surface area contributed by atoms with E-state index in [9.17, 15) is 4.79 Å². The van der Waals surface area contributed by atoms with E-state index in [2.05, 4.69) is 4.74 Å². The first-order valence-corrected chi connectivity index (χ1v) is 2.10. The van der Waals surface area contributed by atoms with E-state index in [-0.39, 0.29) is 0 Å². The van der Waals surface area contributed by atoms with Crippen LogP contribution in [0.3, 0.4) is 0 Å². The Morgan fingerprint density at radius 3 is 2.56 bits per heavy atom. The molecule has 0 saturated carbocycles. The number of ether oxygens (including phenoxy) is 1. The van der Waals surface area contributed by atoms with Crippen LogP contribution in [-0.2, 0) is 4.74 Å². The lowest BCUT2D eigenvalue weighted by molar-refractivity contribution is 0.0478. The molecular weight excluding hydrogens is 126 g/mol. The van der Waals surface area contributed by atoms with Gasteiger partial charge in [0.05, 0.1) is 6.61 Å². The Labute approximate surface area is 51.1 Å². The second kappa shape index (κ2) is 3.69. The molecule has 0 aliphatic carbocycles. The number of rotatable bonds is 2. The van der Waals surface area contributed by atoms with Gasteiger partial charge in [0.2, 0.25) is 6.10 Å². The van der Waals surface area contributed by atoms with Crippen molar-refractivity contribution in [2.24, 2.45) is 0 Å². The third-order valence-corrected chi connectivity index (χ3v) is 0.553. The molecule has 0 spiro atoms. The minimum absolute atomic E-state index is 0.608. The van der Waals surface area contributed by atoms with Crippen LogP contribution in [0.4, 0.5) is 4.79 Å². The summed E-state index contributed by atoms with van der Waals surface area (Å²) in [6, 6.07) is 1.43. The molecule has 0 rings (SSSR count). The lowest BCUT2D eigenvalue weighted by atomic mass is 10.4. The van der Waals surface area contributed by atoms with Gasteiger partial charge in [-0.25, -0.2) is 4.79 Å². The van der Waals surface area contributed by atoms with Crippen LogP contribution in [0, 0.1) is 11.3 Å². The summed E-state index contributed by atoms with van der Waals surface area (Å²) in [4.78, 5) is 9.64. The van der Waals surface area contributed by atoms with Crippen molar-refractivity contribution in [3.05, 3.63) is 0 Å². The van der Waals surface area contributed by atoms with Crippen LogP contribution in [0.15, 0.2) is 0 Å². The number of hydrogen-bond donors (Lipinski definition) is 2. The molecule has 5 heteroatoms. The number of carboxylic acid groups (broad SMARTS) is 1. The molecule has 50 valence electrons. The molecule has 1 unspecified atom stereocenters. The quantitative estimate of drug-likeness (QED) is 0.496. The fourth-order valence-electron chi connectivity index (χ4n) is 0.226. The van der Waals surface area contributed by atoms with Gasteiger partial charge in [0, 0.05) is 0 Å². The van der Waals surface area contributed by atoms with Crippen molar-refractivity contribution in [2.75, 3.05) is 6.61 Å². The van der Waals surface area contributed by atoms with Crippen molar-refractivity contribution in [3.63, 3.8) is 0 Å². The maximum absolute atomic E-state index is 9.64. The van der Waals surface area contributed by atoms with E-state index >= 15 is 0 Å². The van der Waals surface area contributed by atoms with E-state index in [0.29, 0.717) is 0 Å². The number of hydrogen-bond acceptors (Lipinski definition) is 4. The van der Waals surface area contributed by atoms with E-state index in [1.807, 2.05) is 0 Å². The molecule has 0 radical (unpaired) electrons. The largest absolute Gasteiger partial charge is 0.507 e. The van der Waals surface area contributed by atoms with E-state index in [4.69, 9.17) is 15.5 Å². The summed E-state index contributed by atoms with van der Waals surface area (Å²) < 4.78 is 3.85. The normalized spacial score (nSPS) is 11.6. The summed E-state index contributed by atoms with van der Waals surface area (Å²) in [6.45, 7) is -0.608. The molecule has 0 aliphatic heterocycles. The Morgan fingerprint density at radius 1 is 1.89 bits per heavy atom. The Morgan fingerprint density at radius 2 is 2.44 bits per heavy atom. The summed E-state index contributed by atoms with van der Waals surface area (Å²) in [5.41, 5.74) is 0. The predicted molar refractivity (Wildman–Crippen MR) is 25.6 cm³/mol. The first kappa shape index (κ1) is 7.72. The Balaban J connectivity index is 3.60. The van der Waals surface area contributed by atoms with Gasteiger partial charge in [-0.05, 0) is 0 Å². The van der Waals surface area contributed by atoms with Gasteiger partial charge >= 0.3 is 6.16 Å². The lowest BCUT2D eigenvalue weighted by Gasteiger charge is -2.01. The standard InChI is InChI=1S/C4H5NO4/c5-1-3(2-6)9-4(7)8/h3,6H,2H2,(H,7,8). The minimum Gasteiger partial charge on any atom is -0.450 e. The molecule has 0 aliphatic rings. The average molecular weight is 131 g/mol. The molecule has 9 heavy (non-hydrogen) atoms. The average Bonchev–Trinajstić information content (AvgIpc) is 1.82. The van der Waals surface area contributed by atoms with E-state index < -0.39 is 18.9 Å². The molecule has 0 aromatic rings. The molecule has 0 amide bonds. The third kappa shape index (κ3) is 3.32. The first-order valence-electron chi connectivity index (χ1n) is 2.10. The summed E-state index contributed by atoms with van der Waals surface area (Å²) in [5, 5.41) is 24.0. The van der Waals surface area contributed by atoms with Crippen molar-refractivity contribution in [2.45, 2.75) is 6.10 Å². The molecule has 0 saturated heterocycles. The van der Waals surface area contributed by atoms with Crippen LogP contribution in [0.1, 0.15) is 0 Å². The molecule has 0 aromatic heterocycles. The topological polar surface area (TPSA) is 90.5 Å². The van der Waals surface area contributed by atoms with Crippen LogP contribution >= 0.6 is 0 Å². The SMILES string of the molecule is N#CC(CO)OC(=O)O. The second-order valence-corrected chi connectivity index (χ2v) is 1.18. The van der Waals surface area contributed by atoms with Crippen molar-refractivity contribution in [3.8, 4) is 6.07 Å². The van der Waals surface area contributed by atoms with Gasteiger partial charge < -0.3 is 14.9 Å². The maximum atomic E-state index is 9.64. The number of nitriles is 1. The highest BCUT2D eigenvalue weighted by Crippen LogP contribution is 1.87. The molecule has 0 fully saturated rings. The summed E-state index contributed by atoms with van der Waals surface area (Å²) in [7, 11) is 0. The second-order valence-electron chi connectivity index (χ2n) is 1.18. The zero-order valence-electron chi connectivity index (χ0n) is 4.44. The predicted octanol–water partition coefficient (Wildman–Crippen LogP) is -0.435.